The molecular formula is C17H17ClO2. The Morgan fingerprint density at radius 3 is 1.90 bits per heavy atom. The lowest BCUT2D eigenvalue weighted by Crippen LogP contribution is -2.26. The molecule has 3 heteroatoms. The number of hydrogen-bond donors (Lipinski definition) is 1. The van der Waals surface area contributed by atoms with Gasteiger partial charge < -0.3 is 5.11 Å². The van der Waals surface area contributed by atoms with Gasteiger partial charge in [0.1, 0.15) is 0 Å². The summed E-state index contributed by atoms with van der Waals surface area (Å²) in [6, 6.07) is 15.6. The Labute approximate surface area is 124 Å². The van der Waals surface area contributed by atoms with E-state index in [4.69, 9.17) is 16.7 Å². The van der Waals surface area contributed by atoms with E-state index < -0.39 is 11.4 Å². The molecule has 0 unspecified atom stereocenters. The Morgan fingerprint density at radius 1 is 1.00 bits per heavy atom. The number of benzene rings is 2. The molecule has 20 heavy (non-hydrogen) atoms. The zero-order valence-electron chi connectivity index (χ0n) is 11.6. The van der Waals surface area contributed by atoms with Gasteiger partial charge in [-0.3, -0.25) is 4.79 Å². The monoisotopic (exact) mass is 288 g/mol. The van der Waals surface area contributed by atoms with Gasteiger partial charge in [0, 0.05) is 5.02 Å². The molecule has 0 atom stereocenters. The van der Waals surface area contributed by atoms with Crippen LogP contribution < -0.4 is 0 Å². The molecular weight excluding hydrogens is 272 g/mol. The summed E-state index contributed by atoms with van der Waals surface area (Å²) in [6.45, 7) is 3.48. The van der Waals surface area contributed by atoms with Gasteiger partial charge in [0.05, 0.1) is 5.41 Å². The van der Waals surface area contributed by atoms with Crippen LogP contribution in [0.2, 0.25) is 5.02 Å². The second kappa shape index (κ2) is 5.68. The first kappa shape index (κ1) is 14.6. The maximum Gasteiger partial charge on any atom is 0.309 e. The summed E-state index contributed by atoms with van der Waals surface area (Å²) in [7, 11) is 0. The Morgan fingerprint density at radius 2 is 1.45 bits per heavy atom. The lowest BCUT2D eigenvalue weighted by atomic mass is 9.85. The molecule has 0 aromatic heterocycles. The zero-order chi connectivity index (χ0) is 14.8. The van der Waals surface area contributed by atoms with E-state index in [9.17, 15) is 4.79 Å². The molecule has 1 N–H and O–H groups in total. The van der Waals surface area contributed by atoms with Gasteiger partial charge in [-0.1, -0.05) is 48.0 Å². The minimum Gasteiger partial charge on any atom is -0.481 e. The highest BCUT2D eigenvalue weighted by Gasteiger charge is 2.27. The zero-order valence-corrected chi connectivity index (χ0v) is 12.3. The quantitative estimate of drug-likeness (QED) is 0.888. The van der Waals surface area contributed by atoms with Crippen molar-refractivity contribution in [2.75, 3.05) is 0 Å². The summed E-state index contributed by atoms with van der Waals surface area (Å²) < 4.78 is 0. The Bertz CT molecular complexity index is 598. The van der Waals surface area contributed by atoms with Gasteiger partial charge in [-0.25, -0.2) is 0 Å². The molecule has 2 aromatic rings. The second-order valence-corrected chi connectivity index (χ2v) is 6.01. The third kappa shape index (κ3) is 3.40. The summed E-state index contributed by atoms with van der Waals surface area (Å²) in [6.07, 6.45) is 0.517. The van der Waals surface area contributed by atoms with Crippen LogP contribution in [0.15, 0.2) is 48.5 Å². The number of aliphatic carboxylic acids is 1. The van der Waals surface area contributed by atoms with E-state index in [1.54, 1.807) is 13.8 Å². The summed E-state index contributed by atoms with van der Waals surface area (Å²) in [5.41, 5.74) is 2.47. The average molecular weight is 289 g/mol. The Kier molecular flexibility index (Phi) is 4.15. The van der Waals surface area contributed by atoms with Crippen LogP contribution in [-0.2, 0) is 11.2 Å². The highest BCUT2D eigenvalue weighted by molar-refractivity contribution is 6.30. The van der Waals surface area contributed by atoms with E-state index in [1.165, 1.54) is 0 Å². The fraction of sp³-hybridized carbons (Fsp3) is 0.235. The highest BCUT2D eigenvalue weighted by atomic mass is 35.5. The van der Waals surface area contributed by atoms with Crippen molar-refractivity contribution in [1.29, 1.82) is 0 Å². The van der Waals surface area contributed by atoms with E-state index in [2.05, 4.69) is 0 Å². The van der Waals surface area contributed by atoms with Crippen molar-refractivity contribution in [2.24, 2.45) is 5.41 Å². The molecule has 0 radical (unpaired) electrons. The van der Waals surface area contributed by atoms with Crippen LogP contribution in [0, 0.1) is 5.41 Å². The van der Waals surface area contributed by atoms with E-state index in [0.717, 1.165) is 16.7 Å². The third-order valence-corrected chi connectivity index (χ3v) is 3.61. The van der Waals surface area contributed by atoms with Crippen LogP contribution in [0.1, 0.15) is 19.4 Å². The summed E-state index contributed by atoms with van der Waals surface area (Å²) in [5.74, 6) is -0.778. The molecule has 0 amide bonds. The van der Waals surface area contributed by atoms with Crippen molar-refractivity contribution in [1.82, 2.24) is 0 Å². The number of carbonyl (C=O) groups is 1. The van der Waals surface area contributed by atoms with Crippen LogP contribution in [0.5, 0.6) is 0 Å². The van der Waals surface area contributed by atoms with Gasteiger partial charge >= 0.3 is 5.97 Å². The molecule has 0 heterocycles. The van der Waals surface area contributed by atoms with Crippen molar-refractivity contribution in [2.45, 2.75) is 20.3 Å². The minimum absolute atomic E-state index is 0.517. The fourth-order valence-electron chi connectivity index (χ4n) is 2.04. The van der Waals surface area contributed by atoms with E-state index in [0.29, 0.717) is 11.4 Å². The molecule has 2 nitrogen and oxygen atoms in total. The second-order valence-electron chi connectivity index (χ2n) is 5.57. The maximum absolute atomic E-state index is 11.1. The molecule has 0 aliphatic heterocycles. The molecule has 0 aliphatic rings. The van der Waals surface area contributed by atoms with Crippen LogP contribution in [-0.4, -0.2) is 11.1 Å². The van der Waals surface area contributed by atoms with Crippen molar-refractivity contribution in [3.63, 3.8) is 0 Å². The van der Waals surface area contributed by atoms with Crippen LogP contribution >= 0.6 is 11.6 Å². The minimum atomic E-state index is -0.778. The van der Waals surface area contributed by atoms with Crippen LogP contribution in [0.4, 0.5) is 0 Å². The van der Waals surface area contributed by atoms with Crippen LogP contribution in [0.3, 0.4) is 0 Å². The first-order valence-electron chi connectivity index (χ1n) is 6.47. The Balaban J connectivity index is 2.18. The summed E-state index contributed by atoms with van der Waals surface area (Å²) in [5, 5.41) is 9.86. The predicted molar refractivity (Wildman–Crippen MR) is 82.0 cm³/mol. The largest absolute Gasteiger partial charge is 0.481 e. The summed E-state index contributed by atoms with van der Waals surface area (Å²) in [4.78, 5) is 11.1. The van der Waals surface area contributed by atoms with Crippen molar-refractivity contribution < 1.29 is 9.90 Å². The highest BCUT2D eigenvalue weighted by Crippen LogP contribution is 2.25. The molecule has 0 fully saturated rings. The molecule has 104 valence electrons. The van der Waals surface area contributed by atoms with E-state index >= 15 is 0 Å². The smallest absolute Gasteiger partial charge is 0.309 e. The molecule has 0 saturated heterocycles. The first-order valence-corrected chi connectivity index (χ1v) is 6.84. The topological polar surface area (TPSA) is 37.3 Å². The molecule has 0 saturated carbocycles. The molecule has 2 rings (SSSR count). The average Bonchev–Trinajstić information content (AvgIpc) is 2.40. The van der Waals surface area contributed by atoms with Crippen molar-refractivity contribution >= 4 is 17.6 Å². The van der Waals surface area contributed by atoms with Gasteiger partial charge in [0.15, 0.2) is 0 Å². The van der Waals surface area contributed by atoms with Crippen LogP contribution in [0.25, 0.3) is 11.1 Å². The van der Waals surface area contributed by atoms with Gasteiger partial charge in [0.2, 0.25) is 0 Å². The maximum atomic E-state index is 11.1. The van der Waals surface area contributed by atoms with Gasteiger partial charge in [-0.05, 0) is 49.1 Å². The SMILES string of the molecule is CC(C)(Cc1ccc(-c2ccc(Cl)cc2)cc1)C(=O)O. The number of carboxylic acid groups (broad SMARTS) is 1. The summed E-state index contributed by atoms with van der Waals surface area (Å²) >= 11 is 5.87. The molecule has 0 aliphatic carbocycles. The van der Waals surface area contributed by atoms with Gasteiger partial charge in [-0.15, -0.1) is 0 Å². The predicted octanol–water partition coefficient (Wildman–Crippen LogP) is 4.66. The lowest BCUT2D eigenvalue weighted by Gasteiger charge is -2.19. The Hall–Kier alpha value is -1.80. The number of hydrogen-bond acceptors (Lipinski definition) is 1. The van der Waals surface area contributed by atoms with Gasteiger partial charge in [0.25, 0.3) is 0 Å². The first-order chi connectivity index (χ1) is 9.38. The number of halogens is 1. The van der Waals surface area contributed by atoms with Crippen molar-refractivity contribution in [3.8, 4) is 11.1 Å². The lowest BCUT2D eigenvalue weighted by molar-refractivity contribution is -0.146. The van der Waals surface area contributed by atoms with Gasteiger partial charge in [-0.2, -0.15) is 0 Å². The van der Waals surface area contributed by atoms with Crippen molar-refractivity contribution in [3.05, 3.63) is 59.1 Å². The molecule has 0 bridgehead atoms. The normalized spacial score (nSPS) is 11.3. The molecule has 2 aromatic carbocycles. The van der Waals surface area contributed by atoms with E-state index in [1.807, 2.05) is 48.5 Å². The number of rotatable bonds is 4. The fourth-order valence-corrected chi connectivity index (χ4v) is 2.17. The third-order valence-electron chi connectivity index (χ3n) is 3.36. The number of carboxylic acids is 1. The molecule has 0 spiro atoms. The van der Waals surface area contributed by atoms with E-state index in [-0.39, 0.29) is 0 Å². The standard InChI is InChI=1S/C17H17ClO2/c1-17(2,16(19)20)11-12-3-5-13(6-4-12)14-7-9-15(18)10-8-14/h3-10H,11H2,1-2H3,(H,19,20).